The molecule has 0 saturated heterocycles. The molecule has 0 bridgehead atoms. The van der Waals surface area contributed by atoms with Gasteiger partial charge in [-0.15, -0.1) is 0 Å². The van der Waals surface area contributed by atoms with Crippen LogP contribution in [-0.4, -0.2) is 19.6 Å². The van der Waals surface area contributed by atoms with E-state index in [1.54, 1.807) is 55.6 Å². The van der Waals surface area contributed by atoms with Gasteiger partial charge in [0.25, 0.3) is 5.91 Å². The molecule has 0 unspecified atom stereocenters. The first-order chi connectivity index (χ1) is 11.6. The Morgan fingerprint density at radius 3 is 2.75 bits per heavy atom. The van der Waals surface area contributed by atoms with Gasteiger partial charge < -0.3 is 19.2 Å². The second kappa shape index (κ2) is 6.87. The van der Waals surface area contributed by atoms with E-state index in [1.807, 2.05) is 0 Å². The van der Waals surface area contributed by atoms with Crippen LogP contribution >= 0.6 is 0 Å². The Labute approximate surface area is 137 Å². The van der Waals surface area contributed by atoms with Gasteiger partial charge in [-0.2, -0.15) is 0 Å². The summed E-state index contributed by atoms with van der Waals surface area (Å²) in [6, 6.07) is 15.1. The monoisotopic (exact) mass is 325 g/mol. The van der Waals surface area contributed by atoms with Crippen LogP contribution in [0.2, 0.25) is 0 Å². The van der Waals surface area contributed by atoms with Gasteiger partial charge in [-0.05, 0) is 30.3 Å². The van der Waals surface area contributed by atoms with Gasteiger partial charge in [-0.1, -0.05) is 6.07 Å². The molecule has 24 heavy (non-hydrogen) atoms. The molecule has 6 heteroatoms. The Bertz CT molecular complexity index is 932. The highest BCUT2D eigenvalue weighted by molar-refractivity contribution is 5.92. The highest BCUT2D eigenvalue weighted by atomic mass is 16.5. The van der Waals surface area contributed by atoms with Crippen LogP contribution < -0.4 is 20.4 Å². The van der Waals surface area contributed by atoms with Crippen molar-refractivity contribution in [3.8, 4) is 11.5 Å². The number of ether oxygens (including phenoxy) is 2. The van der Waals surface area contributed by atoms with Crippen LogP contribution in [0.25, 0.3) is 11.0 Å². The number of rotatable bonds is 5. The van der Waals surface area contributed by atoms with Crippen molar-refractivity contribution in [1.82, 2.24) is 0 Å². The fourth-order valence-corrected chi connectivity index (χ4v) is 2.18. The van der Waals surface area contributed by atoms with Crippen LogP contribution in [-0.2, 0) is 4.79 Å². The fourth-order valence-electron chi connectivity index (χ4n) is 2.18. The zero-order valence-corrected chi connectivity index (χ0v) is 12.9. The van der Waals surface area contributed by atoms with Crippen molar-refractivity contribution >= 4 is 22.6 Å². The molecule has 1 N–H and O–H groups in total. The first-order valence-electron chi connectivity index (χ1n) is 7.25. The number of nitrogens with one attached hydrogen (secondary N) is 1. The van der Waals surface area contributed by atoms with Gasteiger partial charge in [-0.25, -0.2) is 4.79 Å². The Kier molecular flexibility index (Phi) is 4.47. The van der Waals surface area contributed by atoms with E-state index < -0.39 is 5.63 Å². The Balaban J connectivity index is 1.64. The second-order valence-corrected chi connectivity index (χ2v) is 5.02. The summed E-state index contributed by atoms with van der Waals surface area (Å²) in [5.74, 6) is 0.786. The summed E-state index contributed by atoms with van der Waals surface area (Å²) in [5.41, 5.74) is 0.594. The number of anilines is 1. The molecule has 3 rings (SSSR count). The summed E-state index contributed by atoms with van der Waals surface area (Å²) in [6.07, 6.45) is 0. The van der Waals surface area contributed by atoms with Crippen molar-refractivity contribution in [1.29, 1.82) is 0 Å². The van der Waals surface area contributed by atoms with Crippen LogP contribution in [0.3, 0.4) is 0 Å². The van der Waals surface area contributed by atoms with Crippen LogP contribution in [0.1, 0.15) is 0 Å². The first-order valence-corrected chi connectivity index (χ1v) is 7.25. The molecule has 0 aliphatic heterocycles. The summed E-state index contributed by atoms with van der Waals surface area (Å²) >= 11 is 0. The number of carbonyl (C=O) groups is 1. The minimum absolute atomic E-state index is 0.167. The van der Waals surface area contributed by atoms with Crippen LogP contribution in [0, 0.1) is 0 Å². The van der Waals surface area contributed by atoms with Crippen molar-refractivity contribution in [2.75, 3.05) is 19.0 Å². The van der Waals surface area contributed by atoms with Crippen LogP contribution in [0.15, 0.2) is 63.8 Å². The predicted molar refractivity (Wildman–Crippen MR) is 89.6 cm³/mol. The molecule has 1 amide bonds. The Morgan fingerprint density at radius 1 is 1.08 bits per heavy atom. The van der Waals surface area contributed by atoms with E-state index in [9.17, 15) is 9.59 Å². The topological polar surface area (TPSA) is 77.8 Å². The van der Waals surface area contributed by atoms with E-state index in [4.69, 9.17) is 13.9 Å². The molecule has 1 aromatic heterocycles. The number of amides is 1. The highest BCUT2D eigenvalue weighted by Crippen LogP contribution is 2.20. The smallest absolute Gasteiger partial charge is 0.336 e. The molecular weight excluding hydrogens is 310 g/mol. The van der Waals surface area contributed by atoms with Crippen molar-refractivity contribution in [2.45, 2.75) is 0 Å². The molecular formula is C18H15NO5. The van der Waals surface area contributed by atoms with E-state index in [0.29, 0.717) is 22.8 Å². The van der Waals surface area contributed by atoms with Crippen molar-refractivity contribution in [3.05, 3.63) is 65.0 Å². The zero-order valence-electron chi connectivity index (χ0n) is 12.9. The minimum atomic E-state index is -0.435. The van der Waals surface area contributed by atoms with Crippen molar-refractivity contribution in [3.63, 3.8) is 0 Å². The summed E-state index contributed by atoms with van der Waals surface area (Å²) < 4.78 is 15.6. The fraction of sp³-hybridized carbons (Fsp3) is 0.111. The SMILES string of the molecule is COc1cccc(NC(=O)COc2ccc3ccc(=O)oc3c2)c1. The molecule has 0 spiro atoms. The van der Waals surface area contributed by atoms with E-state index in [2.05, 4.69) is 5.32 Å². The summed E-state index contributed by atoms with van der Waals surface area (Å²) in [4.78, 5) is 23.2. The first kappa shape index (κ1) is 15.6. The lowest BCUT2D eigenvalue weighted by Crippen LogP contribution is -2.20. The lowest BCUT2D eigenvalue weighted by molar-refractivity contribution is -0.118. The average molecular weight is 325 g/mol. The number of fused-ring (bicyclic) bond motifs is 1. The van der Waals surface area contributed by atoms with Gasteiger partial charge in [0, 0.05) is 29.3 Å². The number of methoxy groups -OCH3 is 1. The third-order valence-electron chi connectivity index (χ3n) is 3.32. The van der Waals surface area contributed by atoms with E-state index in [-0.39, 0.29) is 12.5 Å². The molecule has 3 aromatic rings. The maximum absolute atomic E-state index is 12.0. The summed E-state index contributed by atoms with van der Waals surface area (Å²) in [7, 11) is 1.56. The molecule has 1 heterocycles. The minimum Gasteiger partial charge on any atom is -0.497 e. The summed E-state index contributed by atoms with van der Waals surface area (Å²) in [5, 5.41) is 3.50. The van der Waals surface area contributed by atoms with Gasteiger partial charge in [0.2, 0.25) is 0 Å². The van der Waals surface area contributed by atoms with Crippen LogP contribution in [0.4, 0.5) is 5.69 Å². The average Bonchev–Trinajstić information content (AvgIpc) is 2.59. The molecule has 122 valence electrons. The molecule has 0 aliphatic carbocycles. The normalized spacial score (nSPS) is 10.4. The van der Waals surface area contributed by atoms with E-state index in [1.165, 1.54) is 6.07 Å². The molecule has 0 atom stereocenters. The summed E-state index contributed by atoms with van der Waals surface area (Å²) in [6.45, 7) is -0.167. The third kappa shape index (κ3) is 3.73. The number of hydrogen-bond acceptors (Lipinski definition) is 5. The standard InChI is InChI=1S/C18H15NO5/c1-22-14-4-2-3-13(9-14)19-17(20)11-23-15-7-5-12-6-8-18(21)24-16(12)10-15/h2-10H,11H2,1H3,(H,19,20). The van der Waals surface area contributed by atoms with Crippen LogP contribution in [0.5, 0.6) is 11.5 Å². The third-order valence-corrected chi connectivity index (χ3v) is 3.32. The van der Waals surface area contributed by atoms with Crippen molar-refractivity contribution < 1.29 is 18.7 Å². The molecule has 0 aliphatic rings. The maximum Gasteiger partial charge on any atom is 0.336 e. The van der Waals surface area contributed by atoms with Gasteiger partial charge >= 0.3 is 5.63 Å². The quantitative estimate of drug-likeness (QED) is 0.730. The lowest BCUT2D eigenvalue weighted by Gasteiger charge is -2.09. The Morgan fingerprint density at radius 2 is 1.92 bits per heavy atom. The van der Waals surface area contributed by atoms with E-state index in [0.717, 1.165) is 5.39 Å². The lowest BCUT2D eigenvalue weighted by atomic mass is 10.2. The largest absolute Gasteiger partial charge is 0.497 e. The van der Waals surface area contributed by atoms with Gasteiger partial charge in [0.05, 0.1) is 7.11 Å². The number of carbonyl (C=O) groups excluding carboxylic acids is 1. The number of hydrogen-bond donors (Lipinski definition) is 1. The molecule has 0 fully saturated rings. The Hall–Kier alpha value is -3.28. The molecule has 2 aromatic carbocycles. The molecule has 0 saturated carbocycles. The van der Waals surface area contributed by atoms with Gasteiger partial charge in [0.1, 0.15) is 17.1 Å². The maximum atomic E-state index is 12.0. The van der Waals surface area contributed by atoms with E-state index >= 15 is 0 Å². The van der Waals surface area contributed by atoms with Crippen molar-refractivity contribution in [2.24, 2.45) is 0 Å². The molecule has 0 radical (unpaired) electrons. The zero-order chi connectivity index (χ0) is 16.9. The second-order valence-electron chi connectivity index (χ2n) is 5.02. The molecule has 6 nitrogen and oxygen atoms in total. The highest BCUT2D eigenvalue weighted by Gasteiger charge is 2.06. The van der Waals surface area contributed by atoms with Gasteiger partial charge in [0.15, 0.2) is 6.61 Å². The van der Waals surface area contributed by atoms with Gasteiger partial charge in [-0.3, -0.25) is 4.79 Å². The number of benzene rings is 2. The predicted octanol–water partition coefficient (Wildman–Crippen LogP) is 2.82.